The first-order valence-corrected chi connectivity index (χ1v) is 5.40. The average Bonchev–Trinajstić information content (AvgIpc) is 2.18. The maximum Gasteiger partial charge on any atom is 0.0538 e. The van der Waals surface area contributed by atoms with Gasteiger partial charge in [0, 0.05) is 26.7 Å². The van der Waals surface area contributed by atoms with Crippen LogP contribution in [-0.2, 0) is 14.2 Å². The summed E-state index contributed by atoms with van der Waals surface area (Å²) in [7, 11) is 3.42. The Morgan fingerprint density at radius 2 is 1.57 bits per heavy atom. The maximum atomic E-state index is 5.54. The molecule has 0 rings (SSSR count). The van der Waals surface area contributed by atoms with Gasteiger partial charge in [0.05, 0.1) is 19.8 Å². The van der Waals surface area contributed by atoms with Gasteiger partial charge < -0.3 is 14.2 Å². The quantitative estimate of drug-likeness (QED) is 0.510. The van der Waals surface area contributed by atoms with Crippen LogP contribution < -0.4 is 0 Å². The molecule has 0 aliphatic carbocycles. The summed E-state index contributed by atoms with van der Waals surface area (Å²) in [5.74, 6) is 0.367. The lowest BCUT2D eigenvalue weighted by molar-refractivity contribution is 0.0182. The zero-order valence-corrected chi connectivity index (χ0v) is 9.75. The molecule has 0 aromatic heterocycles. The number of rotatable bonds is 10. The summed E-state index contributed by atoms with van der Waals surface area (Å²) < 4.78 is 15.7. The first kappa shape index (κ1) is 13.9. The van der Waals surface area contributed by atoms with Gasteiger partial charge >= 0.3 is 0 Å². The van der Waals surface area contributed by atoms with Crippen molar-refractivity contribution in [3.05, 3.63) is 0 Å². The Morgan fingerprint density at radius 3 is 2.07 bits per heavy atom. The molecule has 0 aliphatic heterocycles. The highest BCUT2D eigenvalue weighted by Gasteiger charge is 2.07. The molecule has 0 saturated heterocycles. The summed E-state index contributed by atoms with van der Waals surface area (Å²) in [4.78, 5) is 0. The van der Waals surface area contributed by atoms with Crippen molar-refractivity contribution >= 4 is 0 Å². The van der Waals surface area contributed by atoms with Crippen molar-refractivity contribution in [3.63, 3.8) is 0 Å². The van der Waals surface area contributed by atoms with Crippen molar-refractivity contribution in [2.75, 3.05) is 40.6 Å². The van der Waals surface area contributed by atoms with E-state index < -0.39 is 0 Å². The second-order valence-electron chi connectivity index (χ2n) is 3.56. The third kappa shape index (κ3) is 8.48. The lowest BCUT2D eigenvalue weighted by atomic mass is 10.2. The fourth-order valence-corrected chi connectivity index (χ4v) is 1.32. The highest BCUT2D eigenvalue weighted by molar-refractivity contribution is 4.55. The van der Waals surface area contributed by atoms with E-state index in [0.717, 1.165) is 19.6 Å². The molecule has 0 aliphatic rings. The topological polar surface area (TPSA) is 27.7 Å². The second kappa shape index (κ2) is 11.0. The fourth-order valence-electron chi connectivity index (χ4n) is 1.32. The van der Waals surface area contributed by atoms with E-state index in [2.05, 4.69) is 6.92 Å². The fraction of sp³-hybridized carbons (Fsp3) is 1.00. The largest absolute Gasteiger partial charge is 0.384 e. The van der Waals surface area contributed by atoms with Gasteiger partial charge in [-0.2, -0.15) is 0 Å². The summed E-state index contributed by atoms with van der Waals surface area (Å²) in [6.45, 7) is 5.21. The molecule has 0 aromatic carbocycles. The van der Waals surface area contributed by atoms with Crippen LogP contribution in [0.5, 0.6) is 0 Å². The molecule has 0 N–H and O–H groups in total. The van der Waals surface area contributed by atoms with E-state index in [9.17, 15) is 0 Å². The van der Waals surface area contributed by atoms with E-state index in [1.165, 1.54) is 12.8 Å². The Balaban J connectivity index is 3.30. The van der Waals surface area contributed by atoms with Crippen LogP contribution >= 0.6 is 0 Å². The minimum atomic E-state index is 0.367. The number of hydrogen-bond acceptors (Lipinski definition) is 3. The van der Waals surface area contributed by atoms with Gasteiger partial charge in [-0.1, -0.05) is 19.8 Å². The summed E-state index contributed by atoms with van der Waals surface area (Å²) in [5, 5.41) is 0. The zero-order valence-electron chi connectivity index (χ0n) is 9.75. The van der Waals surface area contributed by atoms with Crippen LogP contribution in [0.4, 0.5) is 0 Å². The van der Waals surface area contributed by atoms with E-state index in [0.29, 0.717) is 19.1 Å². The third-order valence-corrected chi connectivity index (χ3v) is 2.05. The van der Waals surface area contributed by atoms with Crippen molar-refractivity contribution in [1.82, 2.24) is 0 Å². The van der Waals surface area contributed by atoms with Gasteiger partial charge in [-0.05, 0) is 6.42 Å². The molecule has 0 aromatic rings. The van der Waals surface area contributed by atoms with Gasteiger partial charge in [-0.15, -0.1) is 0 Å². The standard InChI is InChI=1S/C11H24O3/c1-4-5-6-7-14-10-11(8-12-2)9-13-3/h11H,4-10H2,1-3H3. The van der Waals surface area contributed by atoms with Gasteiger partial charge in [0.15, 0.2) is 0 Å². The molecule has 3 heteroatoms. The molecule has 3 nitrogen and oxygen atoms in total. The van der Waals surface area contributed by atoms with Crippen molar-refractivity contribution in [2.45, 2.75) is 26.2 Å². The highest BCUT2D eigenvalue weighted by Crippen LogP contribution is 2.01. The van der Waals surface area contributed by atoms with Crippen LogP contribution in [0.1, 0.15) is 26.2 Å². The highest BCUT2D eigenvalue weighted by atomic mass is 16.5. The third-order valence-electron chi connectivity index (χ3n) is 2.05. The molecule has 0 radical (unpaired) electrons. The molecule has 0 saturated carbocycles. The molecule has 0 unspecified atom stereocenters. The van der Waals surface area contributed by atoms with Crippen LogP contribution in [0.25, 0.3) is 0 Å². The molecule has 0 atom stereocenters. The Hall–Kier alpha value is -0.120. The molecule has 0 amide bonds. The van der Waals surface area contributed by atoms with Crippen molar-refractivity contribution in [3.8, 4) is 0 Å². The van der Waals surface area contributed by atoms with E-state index in [1.807, 2.05) is 0 Å². The van der Waals surface area contributed by atoms with Crippen molar-refractivity contribution in [2.24, 2.45) is 5.92 Å². The first-order chi connectivity index (χ1) is 6.85. The average molecular weight is 204 g/mol. The van der Waals surface area contributed by atoms with Crippen LogP contribution in [0.3, 0.4) is 0 Å². The first-order valence-electron chi connectivity index (χ1n) is 5.40. The van der Waals surface area contributed by atoms with Gasteiger partial charge in [-0.25, -0.2) is 0 Å². The van der Waals surface area contributed by atoms with Gasteiger partial charge in [0.1, 0.15) is 0 Å². The lowest BCUT2D eigenvalue weighted by Gasteiger charge is -2.14. The van der Waals surface area contributed by atoms with Crippen LogP contribution in [0, 0.1) is 5.92 Å². The Morgan fingerprint density at radius 1 is 0.929 bits per heavy atom. The number of ether oxygens (including phenoxy) is 3. The van der Waals surface area contributed by atoms with Crippen molar-refractivity contribution < 1.29 is 14.2 Å². The second-order valence-corrected chi connectivity index (χ2v) is 3.56. The van der Waals surface area contributed by atoms with Crippen LogP contribution in [-0.4, -0.2) is 40.6 Å². The van der Waals surface area contributed by atoms with Gasteiger partial charge in [-0.3, -0.25) is 0 Å². The van der Waals surface area contributed by atoms with E-state index >= 15 is 0 Å². The van der Waals surface area contributed by atoms with E-state index in [4.69, 9.17) is 14.2 Å². The SMILES string of the molecule is CCCCCOCC(COC)COC. The minimum absolute atomic E-state index is 0.367. The van der Waals surface area contributed by atoms with Gasteiger partial charge in [0.2, 0.25) is 0 Å². The zero-order chi connectivity index (χ0) is 10.6. The molecule has 86 valence electrons. The molecule has 0 bridgehead atoms. The monoisotopic (exact) mass is 204 g/mol. The predicted octanol–water partition coefficient (Wildman–Crippen LogP) is 2.10. The van der Waals surface area contributed by atoms with Crippen molar-refractivity contribution in [1.29, 1.82) is 0 Å². The maximum absolute atomic E-state index is 5.54. The Kier molecular flexibility index (Phi) is 10.9. The smallest absolute Gasteiger partial charge is 0.0538 e. The lowest BCUT2D eigenvalue weighted by Crippen LogP contribution is -2.20. The van der Waals surface area contributed by atoms with Crippen LogP contribution in [0.2, 0.25) is 0 Å². The summed E-state index contributed by atoms with van der Waals surface area (Å²) in [6, 6.07) is 0. The normalized spacial score (nSPS) is 11.1. The summed E-state index contributed by atoms with van der Waals surface area (Å²) in [5.41, 5.74) is 0. The van der Waals surface area contributed by atoms with E-state index in [-0.39, 0.29) is 0 Å². The van der Waals surface area contributed by atoms with E-state index in [1.54, 1.807) is 14.2 Å². The summed E-state index contributed by atoms with van der Waals surface area (Å²) in [6.07, 6.45) is 3.64. The van der Waals surface area contributed by atoms with Crippen LogP contribution in [0.15, 0.2) is 0 Å². The predicted molar refractivity (Wildman–Crippen MR) is 57.6 cm³/mol. The van der Waals surface area contributed by atoms with Gasteiger partial charge in [0.25, 0.3) is 0 Å². The number of unbranched alkanes of at least 4 members (excludes halogenated alkanes) is 2. The molecule has 0 heterocycles. The number of hydrogen-bond donors (Lipinski definition) is 0. The Bertz CT molecular complexity index is 101. The Labute approximate surface area is 87.7 Å². The molecular weight excluding hydrogens is 180 g/mol. The molecular formula is C11H24O3. The summed E-state index contributed by atoms with van der Waals surface area (Å²) >= 11 is 0. The minimum Gasteiger partial charge on any atom is -0.384 e. The molecule has 14 heavy (non-hydrogen) atoms. The molecule has 0 fully saturated rings. The molecule has 0 spiro atoms. The number of methoxy groups -OCH3 is 2.